The standard InChI is InChI=1S/C85H160O5/c1-3-5-7-9-11-13-15-17-19-21-23-25-27-29-31-33-35-37-39-41-42-44-46-48-50-52-54-56-58-60-62-64-66-68-70-72-74-76-78-80-85(88)90-83(81-86)82-89-84(87)79-77-75-73-71-69-67-65-63-61-59-57-55-53-51-49-47-45-43-40-38-36-34-32-30-28-26-24-22-20-18-16-14-12-10-8-6-4-2/h15-18,21-24,83,86H,3-14,19-20,25-82H2,1-2H3/b17-15-,18-16-,23-21-,24-22-. The molecule has 0 aromatic rings. The molecule has 0 aliphatic carbocycles. The Morgan fingerprint density at radius 3 is 0.656 bits per heavy atom. The van der Waals surface area contributed by atoms with Gasteiger partial charge in [-0.05, 0) is 77.0 Å². The SMILES string of the molecule is CCCCCCC/C=C\C/C=C\CCCCCCCCCCCCCCCCCCCCCCCCCCCCCC(=O)OC(CO)COC(=O)CCCCCCCCCCCCCCCCCCCCCCCCCCC/C=C\C/C=C\CCCCCCC. The van der Waals surface area contributed by atoms with Gasteiger partial charge in [-0.1, -0.05) is 422 Å². The van der Waals surface area contributed by atoms with Gasteiger partial charge in [-0.3, -0.25) is 9.59 Å². The van der Waals surface area contributed by atoms with Crippen molar-refractivity contribution in [3.8, 4) is 0 Å². The molecule has 530 valence electrons. The van der Waals surface area contributed by atoms with Crippen LogP contribution in [0.1, 0.15) is 463 Å². The van der Waals surface area contributed by atoms with Crippen LogP contribution in [0.5, 0.6) is 0 Å². The normalized spacial score (nSPS) is 12.3. The van der Waals surface area contributed by atoms with Crippen LogP contribution in [0.2, 0.25) is 0 Å². The molecule has 0 saturated heterocycles. The van der Waals surface area contributed by atoms with E-state index in [1.165, 1.54) is 392 Å². The summed E-state index contributed by atoms with van der Waals surface area (Å²) in [6.45, 7) is 4.19. The molecule has 0 aromatic heterocycles. The minimum absolute atomic E-state index is 0.0584. The van der Waals surface area contributed by atoms with E-state index < -0.39 is 6.10 Å². The molecule has 0 rings (SSSR count). The number of hydrogen-bond donors (Lipinski definition) is 1. The minimum atomic E-state index is -0.770. The smallest absolute Gasteiger partial charge is 0.306 e. The lowest BCUT2D eigenvalue weighted by molar-refractivity contribution is -0.161. The Kier molecular flexibility index (Phi) is 79.2. The van der Waals surface area contributed by atoms with E-state index in [1.54, 1.807) is 0 Å². The van der Waals surface area contributed by atoms with Crippen LogP contribution in [0.25, 0.3) is 0 Å². The number of ether oxygens (including phenoxy) is 2. The predicted molar refractivity (Wildman–Crippen MR) is 399 cm³/mol. The number of aliphatic hydroxyl groups excluding tert-OH is 1. The first kappa shape index (κ1) is 87.9. The maximum absolute atomic E-state index is 12.4. The van der Waals surface area contributed by atoms with E-state index in [4.69, 9.17) is 9.47 Å². The van der Waals surface area contributed by atoms with Gasteiger partial charge in [0.25, 0.3) is 0 Å². The number of allylic oxidation sites excluding steroid dienone is 8. The van der Waals surface area contributed by atoms with Crippen molar-refractivity contribution in [1.29, 1.82) is 0 Å². The summed E-state index contributed by atoms with van der Waals surface area (Å²) in [5, 5.41) is 9.73. The van der Waals surface area contributed by atoms with E-state index in [0.29, 0.717) is 12.8 Å². The lowest BCUT2D eigenvalue weighted by Gasteiger charge is -2.15. The van der Waals surface area contributed by atoms with Crippen molar-refractivity contribution < 1.29 is 24.2 Å². The van der Waals surface area contributed by atoms with Crippen molar-refractivity contribution in [3.05, 3.63) is 48.6 Å². The summed E-state index contributed by atoms with van der Waals surface area (Å²) in [5.74, 6) is -0.561. The Morgan fingerprint density at radius 1 is 0.256 bits per heavy atom. The Bertz CT molecular complexity index is 1480. The summed E-state index contributed by atoms with van der Waals surface area (Å²) in [6, 6.07) is 0. The second kappa shape index (κ2) is 81.1. The molecule has 0 heterocycles. The highest BCUT2D eigenvalue weighted by Gasteiger charge is 2.16. The molecule has 90 heavy (non-hydrogen) atoms. The molecule has 1 atom stereocenters. The number of esters is 2. The highest BCUT2D eigenvalue weighted by molar-refractivity contribution is 5.70. The van der Waals surface area contributed by atoms with E-state index in [2.05, 4.69) is 62.5 Å². The van der Waals surface area contributed by atoms with E-state index >= 15 is 0 Å². The van der Waals surface area contributed by atoms with Crippen LogP contribution >= 0.6 is 0 Å². The summed E-state index contributed by atoms with van der Waals surface area (Å²) >= 11 is 0. The molecule has 5 heteroatoms. The van der Waals surface area contributed by atoms with Crippen molar-refractivity contribution in [2.45, 2.75) is 469 Å². The van der Waals surface area contributed by atoms with Gasteiger partial charge in [-0.15, -0.1) is 0 Å². The summed E-state index contributed by atoms with van der Waals surface area (Å²) in [7, 11) is 0. The zero-order valence-electron chi connectivity index (χ0n) is 61.2. The van der Waals surface area contributed by atoms with E-state index in [1.807, 2.05) is 0 Å². The van der Waals surface area contributed by atoms with Gasteiger partial charge in [0.2, 0.25) is 0 Å². The Morgan fingerprint density at radius 2 is 0.444 bits per heavy atom. The monoisotopic (exact) mass is 1260 g/mol. The number of carbonyl (C=O) groups excluding carboxylic acids is 2. The van der Waals surface area contributed by atoms with Crippen LogP contribution in [0.3, 0.4) is 0 Å². The third kappa shape index (κ3) is 78.3. The molecule has 0 spiro atoms. The second-order valence-corrected chi connectivity index (χ2v) is 28.2. The Balaban J connectivity index is 3.35. The predicted octanol–water partition coefficient (Wildman–Crippen LogP) is 29.0. The number of aliphatic hydroxyl groups is 1. The number of hydrogen-bond acceptors (Lipinski definition) is 5. The van der Waals surface area contributed by atoms with Gasteiger partial charge in [0, 0.05) is 12.8 Å². The van der Waals surface area contributed by atoms with Crippen LogP contribution in [0.15, 0.2) is 48.6 Å². The van der Waals surface area contributed by atoms with Crippen molar-refractivity contribution in [1.82, 2.24) is 0 Å². The molecule has 1 N–H and O–H groups in total. The fraction of sp³-hybridized carbons (Fsp3) is 0.882. The Hall–Kier alpha value is -2.14. The average Bonchev–Trinajstić information content (AvgIpc) is 3.59. The zero-order valence-corrected chi connectivity index (χ0v) is 61.2. The second-order valence-electron chi connectivity index (χ2n) is 28.2. The molecule has 0 fully saturated rings. The van der Waals surface area contributed by atoms with E-state index in [9.17, 15) is 14.7 Å². The van der Waals surface area contributed by atoms with Crippen LogP contribution in [0, 0.1) is 0 Å². The summed E-state index contributed by atoms with van der Waals surface area (Å²) in [5.41, 5.74) is 0. The first-order valence-corrected chi connectivity index (χ1v) is 41.2. The molecule has 1 unspecified atom stereocenters. The van der Waals surface area contributed by atoms with Gasteiger partial charge >= 0.3 is 11.9 Å². The summed E-state index contributed by atoms with van der Waals surface area (Å²) in [6.07, 6.45) is 111. The molecule has 5 nitrogen and oxygen atoms in total. The van der Waals surface area contributed by atoms with Gasteiger partial charge < -0.3 is 14.6 Å². The quantitative estimate of drug-likeness (QED) is 0.0373. The maximum Gasteiger partial charge on any atom is 0.306 e. The third-order valence-electron chi connectivity index (χ3n) is 19.1. The molecule has 0 aromatic carbocycles. The maximum atomic E-state index is 12.4. The lowest BCUT2D eigenvalue weighted by atomic mass is 10.0. The number of unbranched alkanes of at least 4 members (excludes halogenated alkanes) is 62. The van der Waals surface area contributed by atoms with E-state index in [-0.39, 0.29) is 25.2 Å². The minimum Gasteiger partial charge on any atom is -0.462 e. The molecule has 0 saturated carbocycles. The topological polar surface area (TPSA) is 72.8 Å². The fourth-order valence-electron chi connectivity index (χ4n) is 12.9. The zero-order chi connectivity index (χ0) is 64.7. The van der Waals surface area contributed by atoms with Gasteiger partial charge in [-0.2, -0.15) is 0 Å². The van der Waals surface area contributed by atoms with Crippen LogP contribution in [-0.2, 0) is 19.1 Å². The van der Waals surface area contributed by atoms with Gasteiger partial charge in [0.05, 0.1) is 6.61 Å². The highest BCUT2D eigenvalue weighted by atomic mass is 16.6. The largest absolute Gasteiger partial charge is 0.462 e. The molecular formula is C85H160O5. The van der Waals surface area contributed by atoms with Crippen molar-refractivity contribution in [2.75, 3.05) is 13.2 Å². The van der Waals surface area contributed by atoms with Crippen LogP contribution in [-0.4, -0.2) is 36.4 Å². The highest BCUT2D eigenvalue weighted by Crippen LogP contribution is 2.20. The molecular weight excluding hydrogens is 1100 g/mol. The molecule has 0 radical (unpaired) electrons. The van der Waals surface area contributed by atoms with Gasteiger partial charge in [0.1, 0.15) is 6.61 Å². The lowest BCUT2D eigenvalue weighted by Crippen LogP contribution is -2.28. The summed E-state index contributed by atoms with van der Waals surface area (Å²) in [4.78, 5) is 24.7. The van der Waals surface area contributed by atoms with Crippen LogP contribution in [0.4, 0.5) is 0 Å². The Labute approximate surface area is 564 Å². The van der Waals surface area contributed by atoms with Crippen LogP contribution < -0.4 is 0 Å². The van der Waals surface area contributed by atoms with Crippen molar-refractivity contribution >= 4 is 11.9 Å². The van der Waals surface area contributed by atoms with Gasteiger partial charge in [0.15, 0.2) is 6.10 Å². The van der Waals surface area contributed by atoms with Crippen molar-refractivity contribution in [3.63, 3.8) is 0 Å². The first-order chi connectivity index (χ1) is 44.6. The molecule has 0 aliphatic rings. The molecule has 0 bridgehead atoms. The first-order valence-electron chi connectivity index (χ1n) is 41.2. The number of carbonyl (C=O) groups is 2. The molecule has 0 aliphatic heterocycles. The number of rotatable bonds is 78. The molecule has 0 amide bonds. The summed E-state index contributed by atoms with van der Waals surface area (Å²) < 4.78 is 10.8. The third-order valence-corrected chi connectivity index (χ3v) is 19.1. The van der Waals surface area contributed by atoms with Gasteiger partial charge in [-0.25, -0.2) is 0 Å². The van der Waals surface area contributed by atoms with E-state index in [0.717, 1.165) is 44.9 Å². The van der Waals surface area contributed by atoms with Crippen molar-refractivity contribution in [2.24, 2.45) is 0 Å². The fourth-order valence-corrected chi connectivity index (χ4v) is 12.9. The average molecular weight is 1260 g/mol.